The molecule has 3 atom stereocenters. The number of likely N-dealkylation sites (tertiary alicyclic amines) is 1. The van der Waals surface area contributed by atoms with Gasteiger partial charge in [-0.2, -0.15) is 4.31 Å². The monoisotopic (exact) mass is 464 g/mol. The Hall–Kier alpha value is -1.45. The van der Waals surface area contributed by atoms with Gasteiger partial charge in [-0.1, -0.05) is 5.16 Å². The van der Waals surface area contributed by atoms with Crippen LogP contribution in [0.3, 0.4) is 0 Å². The molecule has 1 aromatic heterocycles. The minimum absolute atomic E-state index is 0.000799. The predicted octanol–water partition coefficient (Wildman–Crippen LogP) is 2.73. The first-order valence-corrected chi connectivity index (χ1v) is 13.9. The molecule has 4 heterocycles. The highest BCUT2D eigenvalue weighted by molar-refractivity contribution is 7.89. The predicted molar refractivity (Wildman–Crippen MR) is 121 cm³/mol. The third-order valence-electron chi connectivity index (χ3n) is 7.89. The molecule has 4 aliphatic rings. The van der Waals surface area contributed by atoms with Gasteiger partial charge in [0.05, 0.1) is 5.75 Å². The first kappa shape index (κ1) is 22.3. The van der Waals surface area contributed by atoms with E-state index in [0.717, 1.165) is 57.4 Å². The van der Waals surface area contributed by atoms with E-state index in [1.807, 2.05) is 4.31 Å². The second-order valence-corrected chi connectivity index (χ2v) is 12.5. The van der Waals surface area contributed by atoms with E-state index in [4.69, 9.17) is 4.52 Å². The van der Waals surface area contributed by atoms with Crippen molar-refractivity contribution >= 4 is 15.9 Å². The van der Waals surface area contributed by atoms with E-state index >= 15 is 0 Å². The molecule has 1 aliphatic carbocycles. The van der Waals surface area contributed by atoms with Crippen LogP contribution in [0.4, 0.5) is 0 Å². The summed E-state index contributed by atoms with van der Waals surface area (Å²) >= 11 is 0. The van der Waals surface area contributed by atoms with E-state index < -0.39 is 10.0 Å². The fourth-order valence-electron chi connectivity index (χ4n) is 5.94. The lowest BCUT2D eigenvalue weighted by Gasteiger charge is -2.40. The Kier molecular flexibility index (Phi) is 6.09. The standard InChI is InChI=1S/C23H36N4O4S/c1-15(2)26-9-7-16(8-10-26)14-32(29,30)27-19-5-6-20(27)12-18(11-19)24-23(28)21-13-22(31-25-21)17-3-4-17/h13,15-20H,3-12,14H2,1-2H3,(H,24,28)/t18?,19-,20+. The van der Waals surface area contributed by atoms with E-state index in [9.17, 15) is 13.2 Å². The topological polar surface area (TPSA) is 95.8 Å². The van der Waals surface area contributed by atoms with Crippen molar-refractivity contribution in [2.24, 2.45) is 5.92 Å². The number of hydrogen-bond acceptors (Lipinski definition) is 6. The summed E-state index contributed by atoms with van der Waals surface area (Å²) in [6.45, 7) is 6.38. The Morgan fingerprint density at radius 2 is 1.78 bits per heavy atom. The van der Waals surface area contributed by atoms with Crippen LogP contribution in [0.2, 0.25) is 0 Å². The van der Waals surface area contributed by atoms with Crippen LogP contribution in [0.15, 0.2) is 10.6 Å². The van der Waals surface area contributed by atoms with E-state index in [0.29, 0.717) is 30.5 Å². The smallest absolute Gasteiger partial charge is 0.273 e. The van der Waals surface area contributed by atoms with Crippen molar-refractivity contribution in [3.8, 4) is 0 Å². The van der Waals surface area contributed by atoms with Gasteiger partial charge in [-0.25, -0.2) is 8.42 Å². The second-order valence-electron chi connectivity index (χ2n) is 10.6. The van der Waals surface area contributed by atoms with Crippen LogP contribution in [0.5, 0.6) is 0 Å². The van der Waals surface area contributed by atoms with Gasteiger partial charge in [0.25, 0.3) is 5.91 Å². The van der Waals surface area contributed by atoms with Crippen LogP contribution in [0.1, 0.15) is 87.4 Å². The van der Waals surface area contributed by atoms with Crippen molar-refractivity contribution in [1.29, 1.82) is 0 Å². The minimum Gasteiger partial charge on any atom is -0.360 e. The first-order valence-electron chi connectivity index (χ1n) is 12.3. The van der Waals surface area contributed by atoms with E-state index in [2.05, 4.69) is 29.2 Å². The lowest BCUT2D eigenvalue weighted by atomic mass is 9.98. The van der Waals surface area contributed by atoms with E-state index in [1.54, 1.807) is 6.07 Å². The Balaban J connectivity index is 1.17. The van der Waals surface area contributed by atoms with Gasteiger partial charge in [0.15, 0.2) is 5.69 Å². The summed E-state index contributed by atoms with van der Waals surface area (Å²) in [5, 5.41) is 7.02. The van der Waals surface area contributed by atoms with Crippen molar-refractivity contribution in [2.75, 3.05) is 18.8 Å². The van der Waals surface area contributed by atoms with Gasteiger partial charge < -0.3 is 14.7 Å². The van der Waals surface area contributed by atoms with Gasteiger partial charge in [0.2, 0.25) is 10.0 Å². The molecule has 1 N–H and O–H groups in total. The van der Waals surface area contributed by atoms with Crippen molar-refractivity contribution in [2.45, 2.75) is 95.3 Å². The lowest BCUT2D eigenvalue weighted by Crippen LogP contribution is -2.53. The number of nitrogens with one attached hydrogen (secondary N) is 1. The molecule has 178 valence electrons. The van der Waals surface area contributed by atoms with Gasteiger partial charge >= 0.3 is 0 Å². The number of piperidine rings is 2. The molecule has 4 fully saturated rings. The Bertz CT molecular complexity index is 920. The number of nitrogens with zero attached hydrogens (tertiary/aromatic N) is 3. The number of sulfonamides is 1. The molecule has 8 nitrogen and oxygen atoms in total. The van der Waals surface area contributed by atoms with Crippen LogP contribution in [-0.2, 0) is 10.0 Å². The number of amides is 1. The maximum Gasteiger partial charge on any atom is 0.273 e. The zero-order valence-electron chi connectivity index (χ0n) is 19.2. The summed E-state index contributed by atoms with van der Waals surface area (Å²) in [7, 11) is -3.29. The number of aromatic nitrogens is 1. The molecule has 1 amide bonds. The molecule has 1 aromatic rings. The van der Waals surface area contributed by atoms with Crippen molar-refractivity contribution in [3.63, 3.8) is 0 Å². The van der Waals surface area contributed by atoms with Gasteiger partial charge in [-0.05, 0) is 84.2 Å². The SMILES string of the molecule is CC(C)N1CCC(CS(=O)(=O)N2[C@@H]3CC[C@H]2CC(NC(=O)c2cc(C4CC4)on2)C3)CC1. The Labute approximate surface area is 191 Å². The highest BCUT2D eigenvalue weighted by Gasteiger charge is 2.47. The third-order valence-corrected chi connectivity index (χ3v) is 10.0. The van der Waals surface area contributed by atoms with Crippen molar-refractivity contribution < 1.29 is 17.7 Å². The molecule has 2 bridgehead atoms. The lowest BCUT2D eigenvalue weighted by molar-refractivity contribution is 0.0900. The molecule has 9 heteroatoms. The first-order chi connectivity index (χ1) is 15.3. The zero-order valence-corrected chi connectivity index (χ0v) is 20.0. The van der Waals surface area contributed by atoms with Crippen LogP contribution >= 0.6 is 0 Å². The maximum absolute atomic E-state index is 13.4. The molecule has 1 unspecified atom stereocenters. The molecule has 0 aromatic carbocycles. The van der Waals surface area contributed by atoms with Crippen LogP contribution in [0, 0.1) is 5.92 Å². The summed E-state index contributed by atoms with van der Waals surface area (Å²) in [4.78, 5) is 15.1. The minimum atomic E-state index is -3.29. The van der Waals surface area contributed by atoms with Gasteiger partial charge in [-0.3, -0.25) is 4.79 Å². The molecular formula is C23H36N4O4S. The molecule has 1 saturated carbocycles. The molecular weight excluding hydrogens is 428 g/mol. The highest BCUT2D eigenvalue weighted by atomic mass is 32.2. The molecule has 0 spiro atoms. The summed E-state index contributed by atoms with van der Waals surface area (Å²) in [6, 6.07) is 2.27. The van der Waals surface area contributed by atoms with Gasteiger partial charge in [0, 0.05) is 36.2 Å². The average molecular weight is 465 g/mol. The van der Waals surface area contributed by atoms with Crippen molar-refractivity contribution in [1.82, 2.24) is 19.7 Å². The molecule has 0 radical (unpaired) electrons. The van der Waals surface area contributed by atoms with Crippen LogP contribution in [-0.4, -0.2) is 71.7 Å². The van der Waals surface area contributed by atoms with Gasteiger partial charge in [-0.15, -0.1) is 0 Å². The summed E-state index contributed by atoms with van der Waals surface area (Å²) in [6.07, 6.45) is 7.25. The fraction of sp³-hybridized carbons (Fsp3) is 0.826. The molecule has 5 rings (SSSR count). The number of hydrogen-bond donors (Lipinski definition) is 1. The van der Waals surface area contributed by atoms with Crippen LogP contribution < -0.4 is 5.32 Å². The van der Waals surface area contributed by atoms with Crippen LogP contribution in [0.25, 0.3) is 0 Å². The summed E-state index contributed by atoms with van der Waals surface area (Å²) < 4.78 is 33.8. The average Bonchev–Trinajstić information content (AvgIpc) is 3.40. The second kappa shape index (κ2) is 8.72. The number of carbonyl (C=O) groups excluding carboxylic acids is 1. The Morgan fingerprint density at radius 1 is 1.12 bits per heavy atom. The normalized spacial score (nSPS) is 30.2. The van der Waals surface area contributed by atoms with E-state index in [1.165, 1.54) is 0 Å². The summed E-state index contributed by atoms with van der Waals surface area (Å²) in [5.41, 5.74) is 0.335. The maximum atomic E-state index is 13.4. The fourth-order valence-corrected chi connectivity index (χ4v) is 8.33. The molecule has 3 saturated heterocycles. The largest absolute Gasteiger partial charge is 0.360 e. The number of carbonyl (C=O) groups is 1. The van der Waals surface area contributed by atoms with Gasteiger partial charge in [0.1, 0.15) is 5.76 Å². The van der Waals surface area contributed by atoms with E-state index in [-0.39, 0.29) is 35.7 Å². The van der Waals surface area contributed by atoms with Crippen molar-refractivity contribution in [3.05, 3.63) is 17.5 Å². The number of fused-ring (bicyclic) bond motifs is 2. The zero-order chi connectivity index (χ0) is 22.5. The Morgan fingerprint density at radius 3 is 2.38 bits per heavy atom. The number of rotatable bonds is 7. The highest BCUT2D eigenvalue weighted by Crippen LogP contribution is 2.41. The summed E-state index contributed by atoms with van der Waals surface area (Å²) in [5.74, 6) is 1.53. The third kappa shape index (κ3) is 4.61. The molecule has 3 aliphatic heterocycles. The quantitative estimate of drug-likeness (QED) is 0.667. The molecule has 32 heavy (non-hydrogen) atoms.